The van der Waals surface area contributed by atoms with Crippen molar-refractivity contribution in [3.05, 3.63) is 22.9 Å². The number of carbonyl (C=O) groups excluding carboxylic acids is 1. The first kappa shape index (κ1) is 13.0. The Bertz CT molecular complexity index is 510. The van der Waals surface area contributed by atoms with Gasteiger partial charge in [-0.2, -0.15) is 0 Å². The van der Waals surface area contributed by atoms with E-state index in [1.54, 1.807) is 0 Å². The maximum atomic E-state index is 11.8. The predicted octanol–water partition coefficient (Wildman–Crippen LogP) is 3.41. The molecule has 0 aliphatic heterocycles. The second kappa shape index (κ2) is 3.78. The molecule has 2 bridgehead atoms. The monoisotopic (exact) mass is 326 g/mol. The molecule has 3 fully saturated rings. The number of hydrogen-bond acceptors (Lipinski definition) is 2. The summed E-state index contributed by atoms with van der Waals surface area (Å²) in [7, 11) is 0. The third kappa shape index (κ3) is 2.18. The van der Waals surface area contributed by atoms with Crippen molar-refractivity contribution >= 4 is 22.0 Å². The van der Waals surface area contributed by atoms with Gasteiger partial charge in [-0.25, -0.2) is 4.79 Å². The summed E-state index contributed by atoms with van der Waals surface area (Å²) in [5.74, 6) is 0. The van der Waals surface area contributed by atoms with E-state index in [2.05, 4.69) is 38.2 Å². The molecule has 104 valence electrons. The molecule has 1 heterocycles. The summed E-state index contributed by atoms with van der Waals surface area (Å²) in [6.45, 7) is 5.65. The van der Waals surface area contributed by atoms with Crippen LogP contribution in [-0.2, 0) is 10.3 Å². The van der Waals surface area contributed by atoms with Crippen molar-refractivity contribution in [2.45, 2.75) is 56.7 Å². The second-order valence-electron chi connectivity index (χ2n) is 6.90. The minimum Gasteiger partial charge on any atom is -0.444 e. The zero-order valence-electron chi connectivity index (χ0n) is 11.5. The summed E-state index contributed by atoms with van der Waals surface area (Å²) in [4.78, 5) is 11.8. The van der Waals surface area contributed by atoms with Crippen molar-refractivity contribution in [2.24, 2.45) is 0 Å². The Morgan fingerprint density at radius 3 is 2.53 bits per heavy atom. The summed E-state index contributed by atoms with van der Waals surface area (Å²) in [6.07, 6.45) is 6.91. The summed E-state index contributed by atoms with van der Waals surface area (Å²) in [5.41, 5.74) is -0.239. The zero-order valence-corrected chi connectivity index (χ0v) is 13.1. The van der Waals surface area contributed by atoms with E-state index in [9.17, 15) is 4.79 Å². The first-order valence-corrected chi connectivity index (χ1v) is 7.37. The highest BCUT2D eigenvalue weighted by atomic mass is 79.9. The number of nitrogens with zero attached hydrogens (tertiary/aromatic N) is 1. The summed E-state index contributed by atoms with van der Waals surface area (Å²) >= 11 is 3.47. The van der Waals surface area contributed by atoms with Crippen LogP contribution in [0.5, 0.6) is 0 Å². The molecule has 0 spiro atoms. The van der Waals surface area contributed by atoms with Gasteiger partial charge in [0.15, 0.2) is 0 Å². The van der Waals surface area contributed by atoms with Gasteiger partial charge in [0.2, 0.25) is 0 Å². The topological polar surface area (TPSA) is 43.3 Å². The van der Waals surface area contributed by atoms with E-state index in [0.29, 0.717) is 0 Å². The van der Waals surface area contributed by atoms with E-state index in [-0.39, 0.29) is 17.2 Å². The van der Waals surface area contributed by atoms with Crippen LogP contribution < -0.4 is 5.32 Å². The van der Waals surface area contributed by atoms with Crippen LogP contribution in [0.15, 0.2) is 22.9 Å². The molecule has 1 aromatic rings. The van der Waals surface area contributed by atoms with Crippen LogP contribution in [0.2, 0.25) is 0 Å². The molecule has 5 heteroatoms. The van der Waals surface area contributed by atoms with Crippen molar-refractivity contribution in [1.29, 1.82) is 0 Å². The van der Waals surface area contributed by atoms with Crippen LogP contribution in [0.25, 0.3) is 0 Å². The van der Waals surface area contributed by atoms with Crippen LogP contribution in [0.3, 0.4) is 0 Å². The normalized spacial score (nSPS) is 32.2. The van der Waals surface area contributed by atoms with E-state index in [1.165, 1.54) is 0 Å². The quantitative estimate of drug-likeness (QED) is 0.905. The summed E-state index contributed by atoms with van der Waals surface area (Å²) < 4.78 is 8.67. The minimum absolute atomic E-state index is 0.0287. The third-order valence-corrected chi connectivity index (χ3v) is 4.44. The van der Waals surface area contributed by atoms with E-state index in [0.717, 1.165) is 23.7 Å². The fourth-order valence-electron chi connectivity index (χ4n) is 3.33. The number of alkyl carbamates (subject to hydrolysis) is 1. The number of carbonyl (C=O) groups is 1. The van der Waals surface area contributed by atoms with E-state index in [4.69, 9.17) is 4.74 Å². The molecule has 3 saturated carbocycles. The average Bonchev–Trinajstić information content (AvgIpc) is 2.52. The van der Waals surface area contributed by atoms with Crippen LogP contribution in [0.4, 0.5) is 4.79 Å². The lowest BCUT2D eigenvalue weighted by Crippen LogP contribution is -2.78. The maximum absolute atomic E-state index is 11.8. The van der Waals surface area contributed by atoms with Crippen molar-refractivity contribution in [2.75, 3.05) is 0 Å². The highest BCUT2D eigenvalue weighted by molar-refractivity contribution is 9.10. The standard InChI is InChI=1S/C14H19BrN2O2/c1-12(2,3)19-11(18)16-13-7-14(8-13,9-13)17-5-4-10(15)6-17/h4-6H,7-9H2,1-3H3,(H,16,18). The van der Waals surface area contributed by atoms with Gasteiger partial charge in [0.25, 0.3) is 0 Å². The number of aromatic nitrogens is 1. The second-order valence-corrected chi connectivity index (χ2v) is 7.81. The molecule has 1 aromatic heterocycles. The Kier molecular flexibility index (Phi) is 2.59. The largest absolute Gasteiger partial charge is 0.444 e. The molecule has 3 aliphatic rings. The number of ether oxygens (including phenoxy) is 1. The van der Waals surface area contributed by atoms with Crippen LogP contribution >= 0.6 is 15.9 Å². The van der Waals surface area contributed by atoms with E-state index in [1.807, 2.05) is 26.8 Å². The summed E-state index contributed by atoms with van der Waals surface area (Å²) in [6, 6.07) is 2.05. The van der Waals surface area contributed by atoms with Crippen molar-refractivity contribution in [1.82, 2.24) is 9.88 Å². The molecule has 0 aromatic carbocycles. The van der Waals surface area contributed by atoms with Gasteiger partial charge in [0.1, 0.15) is 5.60 Å². The van der Waals surface area contributed by atoms with Gasteiger partial charge in [-0.15, -0.1) is 0 Å². The molecule has 0 unspecified atom stereocenters. The third-order valence-electron chi connectivity index (χ3n) is 3.97. The van der Waals surface area contributed by atoms with Gasteiger partial charge < -0.3 is 14.6 Å². The van der Waals surface area contributed by atoms with Gasteiger partial charge in [-0.05, 0) is 62.0 Å². The molecular weight excluding hydrogens is 308 g/mol. The average molecular weight is 327 g/mol. The lowest BCUT2D eigenvalue weighted by atomic mass is 9.44. The number of hydrogen-bond donors (Lipinski definition) is 1. The van der Waals surface area contributed by atoms with Gasteiger partial charge >= 0.3 is 6.09 Å². The molecule has 0 atom stereocenters. The number of halogens is 1. The van der Waals surface area contributed by atoms with Gasteiger partial charge in [0, 0.05) is 16.9 Å². The first-order valence-electron chi connectivity index (χ1n) is 6.57. The van der Waals surface area contributed by atoms with E-state index >= 15 is 0 Å². The van der Waals surface area contributed by atoms with Gasteiger partial charge in [-0.1, -0.05) is 0 Å². The predicted molar refractivity (Wildman–Crippen MR) is 76.1 cm³/mol. The van der Waals surface area contributed by atoms with Gasteiger partial charge in [0.05, 0.1) is 11.1 Å². The highest BCUT2D eigenvalue weighted by Crippen LogP contribution is 2.65. The Labute approximate surface area is 121 Å². The number of nitrogens with one attached hydrogen (secondary N) is 1. The van der Waals surface area contributed by atoms with Crippen LogP contribution in [0.1, 0.15) is 40.0 Å². The van der Waals surface area contributed by atoms with Crippen LogP contribution in [0, 0.1) is 0 Å². The highest BCUT2D eigenvalue weighted by Gasteiger charge is 2.69. The molecule has 19 heavy (non-hydrogen) atoms. The lowest BCUT2D eigenvalue weighted by Gasteiger charge is -2.70. The number of amides is 1. The molecular formula is C14H19BrN2O2. The minimum atomic E-state index is -0.434. The van der Waals surface area contributed by atoms with Crippen molar-refractivity contribution in [3.8, 4) is 0 Å². The SMILES string of the molecule is CC(C)(C)OC(=O)NC12CC(n3ccc(Br)c3)(C1)C2. The zero-order chi connectivity index (χ0) is 13.9. The number of rotatable bonds is 2. The molecule has 4 rings (SSSR count). The van der Waals surface area contributed by atoms with Crippen molar-refractivity contribution in [3.63, 3.8) is 0 Å². The Morgan fingerprint density at radius 2 is 2.05 bits per heavy atom. The first-order chi connectivity index (χ1) is 8.72. The van der Waals surface area contributed by atoms with Crippen molar-refractivity contribution < 1.29 is 9.53 Å². The molecule has 3 aliphatic carbocycles. The molecule has 4 nitrogen and oxygen atoms in total. The Hall–Kier alpha value is -0.970. The molecule has 1 amide bonds. The van der Waals surface area contributed by atoms with E-state index < -0.39 is 5.60 Å². The Balaban J connectivity index is 1.57. The Morgan fingerprint density at radius 1 is 1.42 bits per heavy atom. The fourth-order valence-corrected chi connectivity index (χ4v) is 3.67. The lowest BCUT2D eigenvalue weighted by molar-refractivity contribution is -0.136. The van der Waals surface area contributed by atoms with Gasteiger partial charge in [-0.3, -0.25) is 0 Å². The molecule has 1 N–H and O–H groups in total. The maximum Gasteiger partial charge on any atom is 0.408 e. The summed E-state index contributed by atoms with van der Waals surface area (Å²) in [5, 5.41) is 3.03. The molecule has 0 saturated heterocycles. The molecule has 0 radical (unpaired) electrons. The smallest absolute Gasteiger partial charge is 0.408 e. The van der Waals surface area contributed by atoms with Crippen LogP contribution in [-0.4, -0.2) is 21.8 Å². The fraction of sp³-hybridized carbons (Fsp3) is 0.643.